The van der Waals surface area contributed by atoms with Crippen molar-refractivity contribution in [3.8, 4) is 11.5 Å². The minimum atomic E-state index is -1.00. The van der Waals surface area contributed by atoms with Gasteiger partial charge in [0.15, 0.2) is 0 Å². The van der Waals surface area contributed by atoms with E-state index < -0.39 is 23.5 Å². The van der Waals surface area contributed by atoms with Crippen molar-refractivity contribution in [1.82, 2.24) is 0 Å². The summed E-state index contributed by atoms with van der Waals surface area (Å²) < 4.78 is 24.6. The quantitative estimate of drug-likeness (QED) is 0.146. The molecule has 0 radical (unpaired) electrons. The van der Waals surface area contributed by atoms with Gasteiger partial charge in [0.05, 0.1) is 30.4 Å². The van der Waals surface area contributed by atoms with Gasteiger partial charge in [-0.15, -0.1) is 0 Å². The van der Waals surface area contributed by atoms with Gasteiger partial charge in [0.1, 0.15) is 23.1 Å². The van der Waals surface area contributed by atoms with E-state index in [2.05, 4.69) is 6.92 Å². The van der Waals surface area contributed by atoms with Crippen molar-refractivity contribution in [2.24, 2.45) is 0 Å². The van der Waals surface area contributed by atoms with Gasteiger partial charge in [-0.05, 0) is 66.6 Å². The zero-order valence-corrected chi connectivity index (χ0v) is 21.3. The van der Waals surface area contributed by atoms with E-state index in [1.54, 1.807) is 36.4 Å². The van der Waals surface area contributed by atoms with E-state index in [9.17, 15) is 19.1 Å². The van der Waals surface area contributed by atoms with Crippen LogP contribution in [0.2, 0.25) is 5.02 Å². The van der Waals surface area contributed by atoms with Crippen molar-refractivity contribution in [1.29, 1.82) is 0 Å². The highest BCUT2D eigenvalue weighted by molar-refractivity contribution is 6.51. The van der Waals surface area contributed by atoms with Crippen molar-refractivity contribution in [2.45, 2.75) is 32.2 Å². The molecule has 0 aromatic heterocycles. The Labute approximate surface area is 219 Å². The first-order valence-electron chi connectivity index (χ1n) is 12.0. The van der Waals surface area contributed by atoms with E-state index in [1.807, 2.05) is 0 Å². The summed E-state index contributed by atoms with van der Waals surface area (Å²) in [5, 5.41) is 11.5. The molecule has 1 unspecified atom stereocenters. The molecule has 3 aromatic carbocycles. The number of rotatable bonds is 9. The number of aliphatic hydroxyl groups is 1. The lowest BCUT2D eigenvalue weighted by Crippen LogP contribution is -2.29. The Kier molecular flexibility index (Phi) is 8.14. The lowest BCUT2D eigenvalue weighted by atomic mass is 9.95. The third kappa shape index (κ3) is 5.47. The maximum atomic E-state index is 13.7. The molecular formula is C29H27ClFNO5. The number of aliphatic hydroxyl groups excluding tert-OH is 1. The van der Waals surface area contributed by atoms with Gasteiger partial charge in [-0.25, -0.2) is 4.39 Å². The molecule has 1 heterocycles. The summed E-state index contributed by atoms with van der Waals surface area (Å²) in [4.78, 5) is 27.8. The first-order valence-corrected chi connectivity index (χ1v) is 12.4. The first-order chi connectivity index (χ1) is 17.8. The molecule has 1 aliphatic rings. The monoisotopic (exact) mass is 523 g/mol. The summed E-state index contributed by atoms with van der Waals surface area (Å²) in [5.41, 5.74) is 1.01. The Hall–Kier alpha value is -3.84. The molecule has 3 aromatic rings. The number of nitrogens with zero attached hydrogens (tertiary/aromatic N) is 1. The highest BCUT2D eigenvalue weighted by atomic mass is 35.5. The summed E-state index contributed by atoms with van der Waals surface area (Å²) in [5.74, 6) is -1.48. The van der Waals surface area contributed by atoms with E-state index in [1.165, 1.54) is 42.3 Å². The standard InChI is InChI=1S/C29H27ClFNO5/c1-3-4-5-16-37-22-13-8-19(9-14-22)27(33)25-26(18-6-10-20(31)11-7-18)32(29(35)28(25)34)21-12-15-24(36-2)23(30)17-21/h6-15,17,26,33H,3-5,16H2,1-2H3/b27-25+. The van der Waals surface area contributed by atoms with Crippen LogP contribution < -0.4 is 14.4 Å². The Bertz CT molecular complexity index is 1320. The number of hydrogen-bond donors (Lipinski definition) is 1. The number of amides is 1. The predicted octanol–water partition coefficient (Wildman–Crippen LogP) is 6.68. The van der Waals surface area contributed by atoms with Gasteiger partial charge in [0.25, 0.3) is 11.7 Å². The number of Topliss-reactive ketones (excluding diaryl/α,β-unsaturated/α-hetero) is 1. The lowest BCUT2D eigenvalue weighted by Gasteiger charge is -2.26. The Morgan fingerprint density at radius 1 is 1.03 bits per heavy atom. The molecule has 0 saturated carbocycles. The van der Waals surface area contributed by atoms with Crippen LogP contribution in [0, 0.1) is 5.82 Å². The van der Waals surface area contributed by atoms with Crippen molar-refractivity contribution >= 4 is 34.7 Å². The number of benzene rings is 3. The molecule has 1 fully saturated rings. The average molecular weight is 524 g/mol. The fourth-order valence-electron chi connectivity index (χ4n) is 4.27. The second-order valence-electron chi connectivity index (χ2n) is 8.62. The predicted molar refractivity (Wildman–Crippen MR) is 141 cm³/mol. The molecule has 192 valence electrons. The number of methoxy groups -OCH3 is 1. The number of ether oxygens (including phenoxy) is 2. The summed E-state index contributed by atoms with van der Waals surface area (Å²) >= 11 is 6.30. The number of anilines is 1. The third-order valence-electron chi connectivity index (χ3n) is 6.19. The highest BCUT2D eigenvalue weighted by Gasteiger charge is 2.47. The normalized spacial score (nSPS) is 16.8. The Balaban J connectivity index is 1.77. The molecule has 37 heavy (non-hydrogen) atoms. The van der Waals surface area contributed by atoms with Crippen LogP contribution in [0.5, 0.6) is 11.5 Å². The van der Waals surface area contributed by atoms with Gasteiger partial charge in [0, 0.05) is 11.3 Å². The summed E-state index contributed by atoms with van der Waals surface area (Å²) in [6.45, 7) is 2.70. The number of hydrogen-bond acceptors (Lipinski definition) is 5. The second kappa shape index (κ2) is 11.5. The molecule has 1 N–H and O–H groups in total. The molecule has 4 rings (SSSR count). The van der Waals surface area contributed by atoms with E-state index >= 15 is 0 Å². The second-order valence-corrected chi connectivity index (χ2v) is 9.03. The molecule has 0 bridgehead atoms. The van der Waals surface area contributed by atoms with Crippen molar-refractivity contribution in [2.75, 3.05) is 18.6 Å². The maximum Gasteiger partial charge on any atom is 0.300 e. The van der Waals surface area contributed by atoms with Crippen LogP contribution in [0.3, 0.4) is 0 Å². The van der Waals surface area contributed by atoms with Crippen LogP contribution in [0.1, 0.15) is 43.4 Å². The maximum absolute atomic E-state index is 13.7. The van der Waals surface area contributed by atoms with Gasteiger partial charge in [-0.3, -0.25) is 14.5 Å². The van der Waals surface area contributed by atoms with Gasteiger partial charge >= 0.3 is 0 Å². The third-order valence-corrected chi connectivity index (χ3v) is 6.48. The van der Waals surface area contributed by atoms with Crippen LogP contribution in [-0.2, 0) is 9.59 Å². The highest BCUT2D eigenvalue weighted by Crippen LogP contribution is 2.43. The Morgan fingerprint density at radius 3 is 2.35 bits per heavy atom. The molecule has 0 spiro atoms. The minimum absolute atomic E-state index is 0.111. The molecule has 0 aliphatic carbocycles. The van der Waals surface area contributed by atoms with E-state index in [0.717, 1.165) is 19.3 Å². The van der Waals surface area contributed by atoms with Crippen LogP contribution in [0.15, 0.2) is 72.3 Å². The van der Waals surface area contributed by atoms with Crippen LogP contribution in [-0.4, -0.2) is 30.5 Å². The molecule has 8 heteroatoms. The van der Waals surface area contributed by atoms with E-state index in [-0.39, 0.29) is 16.4 Å². The summed E-state index contributed by atoms with van der Waals surface area (Å²) in [7, 11) is 1.47. The van der Waals surface area contributed by atoms with Crippen LogP contribution in [0.25, 0.3) is 5.76 Å². The zero-order valence-electron chi connectivity index (χ0n) is 20.5. The fraction of sp³-hybridized carbons (Fsp3) is 0.241. The molecule has 1 atom stereocenters. The Morgan fingerprint density at radius 2 is 1.73 bits per heavy atom. The SMILES string of the molecule is CCCCCOc1ccc(/C(O)=C2\C(=O)C(=O)N(c3ccc(OC)c(Cl)c3)C2c2ccc(F)cc2)cc1. The van der Waals surface area contributed by atoms with Crippen LogP contribution in [0.4, 0.5) is 10.1 Å². The molecule has 1 saturated heterocycles. The molecule has 1 amide bonds. The van der Waals surface area contributed by atoms with E-state index in [4.69, 9.17) is 21.1 Å². The van der Waals surface area contributed by atoms with Gasteiger partial charge in [0.2, 0.25) is 0 Å². The largest absolute Gasteiger partial charge is 0.507 e. The number of ketones is 1. The fourth-order valence-corrected chi connectivity index (χ4v) is 4.52. The average Bonchev–Trinajstić information content (AvgIpc) is 3.17. The van der Waals surface area contributed by atoms with E-state index in [0.29, 0.717) is 34.9 Å². The number of carbonyl (C=O) groups excluding carboxylic acids is 2. The molecule has 1 aliphatic heterocycles. The zero-order chi connectivity index (χ0) is 26.5. The lowest BCUT2D eigenvalue weighted by molar-refractivity contribution is -0.132. The minimum Gasteiger partial charge on any atom is -0.507 e. The topological polar surface area (TPSA) is 76.1 Å². The number of unbranched alkanes of at least 4 members (excludes halogenated alkanes) is 2. The van der Waals surface area contributed by atoms with Gasteiger partial charge in [-0.1, -0.05) is 43.5 Å². The summed E-state index contributed by atoms with van der Waals surface area (Å²) in [6.07, 6.45) is 3.10. The molecular weight excluding hydrogens is 497 g/mol. The van der Waals surface area contributed by atoms with Gasteiger partial charge < -0.3 is 14.6 Å². The van der Waals surface area contributed by atoms with Crippen molar-refractivity contribution < 1.29 is 28.6 Å². The number of halogens is 2. The number of carbonyl (C=O) groups is 2. The molecule has 6 nitrogen and oxygen atoms in total. The smallest absolute Gasteiger partial charge is 0.300 e. The van der Waals surface area contributed by atoms with Crippen LogP contribution >= 0.6 is 11.6 Å². The van der Waals surface area contributed by atoms with Crippen molar-refractivity contribution in [3.63, 3.8) is 0 Å². The van der Waals surface area contributed by atoms with Crippen molar-refractivity contribution in [3.05, 3.63) is 94.3 Å². The van der Waals surface area contributed by atoms with Gasteiger partial charge in [-0.2, -0.15) is 0 Å². The summed E-state index contributed by atoms with van der Waals surface area (Å²) in [6, 6.07) is 15.8. The first kappa shape index (κ1) is 26.2.